The normalized spacial score (nSPS) is 14.8. The third kappa shape index (κ3) is 2.61. The molecule has 2 rings (SSSR count). The molecule has 0 amide bonds. The highest BCUT2D eigenvalue weighted by Crippen LogP contribution is 2.28. The standard InChI is InChI=1S/C14H19N3O2/c1-8(14(18)19)13(17(3)4)10-5-6-11-12(7-10)16-9(2)15-11/h5-8,13H,1-4H3,(H,15,16)(H,18,19). The number of carboxylic acids is 1. The van der Waals surface area contributed by atoms with Gasteiger partial charge in [0.15, 0.2) is 0 Å². The third-order valence-corrected chi connectivity index (χ3v) is 3.39. The Bertz CT molecular complexity index is 604. The fraction of sp³-hybridized carbons (Fsp3) is 0.429. The number of aromatic nitrogens is 2. The van der Waals surface area contributed by atoms with Crippen LogP contribution < -0.4 is 0 Å². The zero-order chi connectivity index (χ0) is 14.2. The van der Waals surface area contributed by atoms with Crippen molar-refractivity contribution in [2.75, 3.05) is 14.1 Å². The first-order valence-electron chi connectivity index (χ1n) is 6.25. The van der Waals surface area contributed by atoms with E-state index in [0.29, 0.717) is 0 Å². The number of aryl methyl sites for hydroxylation is 1. The van der Waals surface area contributed by atoms with E-state index in [0.717, 1.165) is 22.4 Å². The Morgan fingerprint density at radius 3 is 2.68 bits per heavy atom. The van der Waals surface area contributed by atoms with Crippen molar-refractivity contribution in [1.29, 1.82) is 0 Å². The maximum Gasteiger partial charge on any atom is 0.308 e. The maximum absolute atomic E-state index is 11.2. The predicted molar refractivity (Wildman–Crippen MR) is 74.1 cm³/mol. The number of imidazole rings is 1. The lowest BCUT2D eigenvalue weighted by molar-refractivity contribution is -0.143. The molecule has 0 saturated heterocycles. The van der Waals surface area contributed by atoms with Crippen molar-refractivity contribution < 1.29 is 9.90 Å². The minimum absolute atomic E-state index is 0.162. The molecule has 0 bridgehead atoms. The largest absolute Gasteiger partial charge is 0.481 e. The van der Waals surface area contributed by atoms with Crippen LogP contribution in [-0.2, 0) is 4.79 Å². The fourth-order valence-electron chi connectivity index (χ4n) is 2.51. The second-order valence-corrected chi connectivity index (χ2v) is 5.13. The van der Waals surface area contributed by atoms with Crippen molar-refractivity contribution in [2.45, 2.75) is 19.9 Å². The Morgan fingerprint density at radius 2 is 2.11 bits per heavy atom. The molecule has 1 aromatic carbocycles. The molecule has 19 heavy (non-hydrogen) atoms. The first-order valence-corrected chi connectivity index (χ1v) is 6.25. The Kier molecular flexibility index (Phi) is 3.57. The minimum atomic E-state index is -0.792. The molecule has 5 heteroatoms. The van der Waals surface area contributed by atoms with Gasteiger partial charge in [-0.25, -0.2) is 4.98 Å². The first-order chi connectivity index (χ1) is 8.90. The summed E-state index contributed by atoms with van der Waals surface area (Å²) in [5.74, 6) is -0.407. The molecule has 2 aromatic rings. The van der Waals surface area contributed by atoms with Crippen LogP contribution in [0.3, 0.4) is 0 Å². The van der Waals surface area contributed by atoms with E-state index < -0.39 is 11.9 Å². The molecule has 1 heterocycles. The van der Waals surface area contributed by atoms with Gasteiger partial charge in [-0.3, -0.25) is 4.79 Å². The van der Waals surface area contributed by atoms with Crippen molar-refractivity contribution in [1.82, 2.24) is 14.9 Å². The Balaban J connectivity index is 2.46. The van der Waals surface area contributed by atoms with E-state index in [9.17, 15) is 9.90 Å². The number of hydrogen-bond donors (Lipinski definition) is 2. The van der Waals surface area contributed by atoms with Crippen LogP contribution in [0, 0.1) is 12.8 Å². The number of fused-ring (bicyclic) bond motifs is 1. The summed E-state index contributed by atoms with van der Waals surface area (Å²) in [5.41, 5.74) is 2.83. The molecule has 2 atom stereocenters. The molecule has 1 aromatic heterocycles. The second-order valence-electron chi connectivity index (χ2n) is 5.13. The number of aliphatic carboxylic acids is 1. The van der Waals surface area contributed by atoms with Crippen molar-refractivity contribution in [3.63, 3.8) is 0 Å². The number of hydrogen-bond acceptors (Lipinski definition) is 3. The molecule has 0 aliphatic heterocycles. The molecule has 2 N–H and O–H groups in total. The van der Waals surface area contributed by atoms with Gasteiger partial charge >= 0.3 is 5.97 Å². The van der Waals surface area contributed by atoms with E-state index in [2.05, 4.69) is 9.97 Å². The van der Waals surface area contributed by atoms with Crippen LogP contribution in [0.25, 0.3) is 11.0 Å². The smallest absolute Gasteiger partial charge is 0.308 e. The molecule has 0 fully saturated rings. The van der Waals surface area contributed by atoms with Gasteiger partial charge in [-0.1, -0.05) is 13.0 Å². The molecule has 0 aliphatic rings. The minimum Gasteiger partial charge on any atom is -0.481 e. The van der Waals surface area contributed by atoms with Crippen LogP contribution in [-0.4, -0.2) is 40.0 Å². The van der Waals surface area contributed by atoms with E-state index in [1.807, 2.05) is 44.1 Å². The van der Waals surface area contributed by atoms with Gasteiger partial charge in [0.05, 0.1) is 17.0 Å². The van der Waals surface area contributed by atoms with Crippen LogP contribution in [0.4, 0.5) is 0 Å². The van der Waals surface area contributed by atoms with Gasteiger partial charge in [-0.05, 0) is 38.7 Å². The van der Waals surface area contributed by atoms with Crippen LogP contribution in [0.1, 0.15) is 24.4 Å². The van der Waals surface area contributed by atoms with Crippen LogP contribution in [0.15, 0.2) is 18.2 Å². The molecular weight excluding hydrogens is 242 g/mol. The SMILES string of the molecule is Cc1nc2ccc(C(C(C)C(=O)O)N(C)C)cc2[nH]1. The number of benzene rings is 1. The van der Waals surface area contributed by atoms with Gasteiger partial charge in [0.1, 0.15) is 5.82 Å². The zero-order valence-electron chi connectivity index (χ0n) is 11.6. The molecule has 0 spiro atoms. The Hall–Kier alpha value is -1.88. The number of carbonyl (C=O) groups is 1. The second kappa shape index (κ2) is 5.01. The fourth-order valence-corrected chi connectivity index (χ4v) is 2.51. The van der Waals surface area contributed by atoms with E-state index in [1.54, 1.807) is 6.92 Å². The summed E-state index contributed by atoms with van der Waals surface area (Å²) < 4.78 is 0. The lowest BCUT2D eigenvalue weighted by atomic mass is 9.93. The molecule has 5 nitrogen and oxygen atoms in total. The topological polar surface area (TPSA) is 69.2 Å². The molecular formula is C14H19N3O2. The van der Waals surface area contributed by atoms with Gasteiger partial charge in [-0.2, -0.15) is 0 Å². The highest BCUT2D eigenvalue weighted by molar-refractivity contribution is 5.77. The van der Waals surface area contributed by atoms with Gasteiger partial charge in [0.2, 0.25) is 0 Å². The molecule has 0 radical (unpaired) electrons. The van der Waals surface area contributed by atoms with E-state index in [1.165, 1.54) is 0 Å². The Morgan fingerprint density at radius 1 is 1.42 bits per heavy atom. The lowest BCUT2D eigenvalue weighted by Crippen LogP contribution is -2.30. The van der Waals surface area contributed by atoms with E-state index in [4.69, 9.17) is 0 Å². The molecule has 2 unspecified atom stereocenters. The third-order valence-electron chi connectivity index (χ3n) is 3.39. The number of nitrogens with zero attached hydrogens (tertiary/aromatic N) is 2. The van der Waals surface area contributed by atoms with Gasteiger partial charge in [-0.15, -0.1) is 0 Å². The zero-order valence-corrected chi connectivity index (χ0v) is 11.6. The summed E-state index contributed by atoms with van der Waals surface area (Å²) in [6.45, 7) is 3.64. The highest BCUT2D eigenvalue weighted by atomic mass is 16.4. The summed E-state index contributed by atoms with van der Waals surface area (Å²) in [6, 6.07) is 5.70. The quantitative estimate of drug-likeness (QED) is 0.885. The number of H-pyrrole nitrogens is 1. The summed E-state index contributed by atoms with van der Waals surface area (Å²) in [4.78, 5) is 20.7. The molecule has 0 aliphatic carbocycles. The average molecular weight is 261 g/mol. The van der Waals surface area contributed by atoms with Crippen molar-refractivity contribution in [3.05, 3.63) is 29.6 Å². The van der Waals surface area contributed by atoms with Gasteiger partial charge < -0.3 is 15.0 Å². The monoisotopic (exact) mass is 261 g/mol. The van der Waals surface area contributed by atoms with Gasteiger partial charge in [0.25, 0.3) is 0 Å². The van der Waals surface area contributed by atoms with E-state index >= 15 is 0 Å². The van der Waals surface area contributed by atoms with Crippen molar-refractivity contribution >= 4 is 17.0 Å². The van der Waals surface area contributed by atoms with Crippen LogP contribution in [0.5, 0.6) is 0 Å². The maximum atomic E-state index is 11.2. The van der Waals surface area contributed by atoms with Crippen molar-refractivity contribution in [2.24, 2.45) is 5.92 Å². The summed E-state index contributed by atoms with van der Waals surface area (Å²) in [5, 5.41) is 9.23. The number of carboxylic acid groups (broad SMARTS) is 1. The Labute approximate surface area is 112 Å². The molecule has 102 valence electrons. The summed E-state index contributed by atoms with van der Waals surface area (Å²) in [7, 11) is 3.79. The highest BCUT2D eigenvalue weighted by Gasteiger charge is 2.27. The first kappa shape index (κ1) is 13.5. The van der Waals surface area contributed by atoms with Gasteiger partial charge in [0, 0.05) is 6.04 Å². The summed E-state index contributed by atoms with van der Waals surface area (Å²) in [6.07, 6.45) is 0. The summed E-state index contributed by atoms with van der Waals surface area (Å²) >= 11 is 0. The number of aromatic amines is 1. The number of nitrogens with one attached hydrogen (secondary N) is 1. The van der Waals surface area contributed by atoms with Crippen LogP contribution in [0.2, 0.25) is 0 Å². The predicted octanol–water partition coefficient (Wildman–Crippen LogP) is 2.19. The molecule has 0 saturated carbocycles. The lowest BCUT2D eigenvalue weighted by Gasteiger charge is -2.28. The average Bonchev–Trinajstić information content (AvgIpc) is 2.67. The van der Waals surface area contributed by atoms with E-state index in [-0.39, 0.29) is 6.04 Å². The number of rotatable bonds is 4. The van der Waals surface area contributed by atoms with Crippen LogP contribution >= 0.6 is 0 Å². The van der Waals surface area contributed by atoms with Crippen molar-refractivity contribution in [3.8, 4) is 0 Å².